The minimum Gasteiger partial charge on any atom is -0.453 e. The Morgan fingerprint density at radius 2 is 2.03 bits per heavy atom. The molecule has 11 heteroatoms. The Kier molecular flexibility index (Phi) is 8.77. The zero-order valence-electron chi connectivity index (χ0n) is 21.4. The number of nitrogens with one attached hydrogen (secondary N) is 2. The van der Waals surface area contributed by atoms with Gasteiger partial charge in [0.05, 0.1) is 34.4 Å². The molecule has 4 heterocycles. The van der Waals surface area contributed by atoms with Crippen molar-refractivity contribution in [3.05, 3.63) is 34.4 Å². The highest BCUT2D eigenvalue weighted by Gasteiger charge is 2.30. The van der Waals surface area contributed by atoms with Gasteiger partial charge >= 0.3 is 6.09 Å². The van der Waals surface area contributed by atoms with E-state index in [0.717, 1.165) is 32.4 Å². The summed E-state index contributed by atoms with van der Waals surface area (Å²) in [4.78, 5) is 35.3. The van der Waals surface area contributed by atoms with Crippen LogP contribution in [0.5, 0.6) is 0 Å². The van der Waals surface area contributed by atoms with E-state index in [-0.39, 0.29) is 17.4 Å². The Balaban J connectivity index is 1.46. The summed E-state index contributed by atoms with van der Waals surface area (Å²) in [7, 11) is 1.33. The number of piperidine rings is 1. The van der Waals surface area contributed by atoms with E-state index in [2.05, 4.69) is 29.5 Å². The van der Waals surface area contributed by atoms with E-state index >= 15 is 0 Å². The number of anilines is 2. The van der Waals surface area contributed by atoms with Crippen LogP contribution < -0.4 is 10.6 Å². The molecule has 0 bridgehead atoms. The fraction of sp³-hybridized carbons (Fsp3) is 0.538. The molecular weight excluding hydrogens is 517 g/mol. The molecule has 2 N–H and O–H groups in total. The molecule has 0 saturated carbocycles. The van der Waals surface area contributed by atoms with Gasteiger partial charge in [-0.1, -0.05) is 23.2 Å². The number of carbonyl (C=O) groups excluding carboxylic acids is 2. The number of ether oxygens (including phenoxy) is 2. The van der Waals surface area contributed by atoms with Crippen molar-refractivity contribution in [2.45, 2.75) is 45.1 Å². The van der Waals surface area contributed by atoms with E-state index in [0.29, 0.717) is 58.4 Å². The average molecular weight is 550 g/mol. The molecule has 2 amide bonds. The molecule has 2 saturated heterocycles. The topological polar surface area (TPSA) is 106 Å². The van der Waals surface area contributed by atoms with Crippen molar-refractivity contribution in [3.63, 3.8) is 0 Å². The van der Waals surface area contributed by atoms with Gasteiger partial charge in [0.25, 0.3) is 0 Å². The lowest BCUT2D eigenvalue weighted by Crippen LogP contribution is -2.43. The second-order valence-corrected chi connectivity index (χ2v) is 11.0. The zero-order chi connectivity index (χ0) is 26.6. The zero-order valence-corrected chi connectivity index (χ0v) is 22.9. The van der Waals surface area contributed by atoms with Gasteiger partial charge in [-0.25, -0.2) is 14.8 Å². The minimum atomic E-state index is -0.431. The smallest absolute Gasteiger partial charge is 0.409 e. The standard InChI is InChI=1S/C26H33Cl2N5O4/c1-26(2)12-16(8-10-37-26)13-29-21-7-6-19(27)23(31-21)18-11-22(30-14-20(18)28)32-24(34)17-5-4-9-33(15-17)25(35)36-3/h6-7,11,14,16-17H,4-5,8-10,12-13,15H2,1-3H3,(H,29,31)(H,30,32,34)/t16-,17-/m0/s1. The normalized spacial score (nSPS) is 21.3. The van der Waals surface area contributed by atoms with Crippen LogP contribution in [-0.4, -0.2) is 65.8 Å². The Morgan fingerprint density at radius 3 is 2.78 bits per heavy atom. The summed E-state index contributed by atoms with van der Waals surface area (Å²) in [5.41, 5.74) is 0.938. The average Bonchev–Trinajstić information content (AvgIpc) is 2.88. The van der Waals surface area contributed by atoms with Crippen LogP contribution in [0.2, 0.25) is 10.0 Å². The van der Waals surface area contributed by atoms with Crippen LogP contribution in [0.3, 0.4) is 0 Å². The minimum absolute atomic E-state index is 0.121. The summed E-state index contributed by atoms with van der Waals surface area (Å²) in [6.07, 6.45) is 4.39. The number of pyridine rings is 2. The molecule has 2 aromatic heterocycles. The first-order valence-electron chi connectivity index (χ1n) is 12.5. The van der Waals surface area contributed by atoms with Gasteiger partial charge in [0, 0.05) is 38.0 Å². The number of aromatic nitrogens is 2. The first-order valence-corrected chi connectivity index (χ1v) is 13.2. The molecule has 2 aliphatic heterocycles. The number of hydrogen-bond acceptors (Lipinski definition) is 7. The number of halogens is 2. The molecule has 2 aliphatic rings. The monoisotopic (exact) mass is 549 g/mol. The van der Waals surface area contributed by atoms with E-state index < -0.39 is 6.09 Å². The van der Waals surface area contributed by atoms with Crippen LogP contribution in [0.4, 0.5) is 16.4 Å². The van der Waals surface area contributed by atoms with E-state index in [9.17, 15) is 9.59 Å². The van der Waals surface area contributed by atoms with Crippen molar-refractivity contribution < 1.29 is 19.1 Å². The SMILES string of the molecule is COC(=O)N1CCC[C@H](C(=O)Nc2cc(-c3nc(NC[C@H]4CCOC(C)(C)C4)ccc3Cl)c(Cl)cn2)C1. The third-order valence-corrected chi connectivity index (χ3v) is 7.41. The molecule has 2 fully saturated rings. The number of rotatable bonds is 6. The maximum atomic E-state index is 12.9. The van der Waals surface area contributed by atoms with Gasteiger partial charge in [-0.2, -0.15) is 0 Å². The molecular formula is C26H33Cl2N5O4. The maximum absolute atomic E-state index is 12.9. The number of carbonyl (C=O) groups is 2. The highest BCUT2D eigenvalue weighted by molar-refractivity contribution is 6.36. The second-order valence-electron chi connectivity index (χ2n) is 10.2. The molecule has 37 heavy (non-hydrogen) atoms. The van der Waals surface area contributed by atoms with Crippen molar-refractivity contribution in [1.82, 2.24) is 14.9 Å². The van der Waals surface area contributed by atoms with Crippen molar-refractivity contribution in [2.75, 3.05) is 44.0 Å². The molecule has 0 spiro atoms. The first kappa shape index (κ1) is 27.4. The van der Waals surface area contributed by atoms with Crippen molar-refractivity contribution in [3.8, 4) is 11.3 Å². The number of nitrogens with zero attached hydrogens (tertiary/aromatic N) is 3. The summed E-state index contributed by atoms with van der Waals surface area (Å²) < 4.78 is 10.6. The van der Waals surface area contributed by atoms with Crippen LogP contribution in [-0.2, 0) is 14.3 Å². The van der Waals surface area contributed by atoms with Gasteiger partial charge in [-0.05, 0) is 63.6 Å². The van der Waals surface area contributed by atoms with Crippen molar-refractivity contribution >= 4 is 46.8 Å². The first-order chi connectivity index (χ1) is 17.6. The predicted octanol–water partition coefficient (Wildman–Crippen LogP) is 5.48. The third-order valence-electron chi connectivity index (χ3n) is 6.80. The van der Waals surface area contributed by atoms with E-state index in [1.54, 1.807) is 12.1 Å². The summed E-state index contributed by atoms with van der Waals surface area (Å²) in [5, 5.41) is 7.07. The Morgan fingerprint density at radius 1 is 1.22 bits per heavy atom. The fourth-order valence-corrected chi connectivity index (χ4v) is 5.31. The van der Waals surface area contributed by atoms with Gasteiger partial charge in [-0.15, -0.1) is 0 Å². The Labute approximate surface area is 227 Å². The number of methoxy groups -OCH3 is 1. The molecule has 2 aromatic rings. The van der Waals surface area contributed by atoms with Crippen molar-refractivity contribution in [2.24, 2.45) is 11.8 Å². The van der Waals surface area contributed by atoms with Gasteiger partial charge in [0.15, 0.2) is 0 Å². The quantitative estimate of drug-likeness (QED) is 0.491. The number of likely N-dealkylation sites (tertiary alicyclic amines) is 1. The molecule has 9 nitrogen and oxygen atoms in total. The van der Waals surface area contributed by atoms with Gasteiger partial charge in [-0.3, -0.25) is 4.79 Å². The summed E-state index contributed by atoms with van der Waals surface area (Å²) in [6.45, 7) is 6.62. The number of amides is 2. The van der Waals surface area contributed by atoms with E-state index in [4.69, 9.17) is 37.7 Å². The Bertz CT molecular complexity index is 1150. The van der Waals surface area contributed by atoms with Crippen LogP contribution >= 0.6 is 23.2 Å². The van der Waals surface area contributed by atoms with Gasteiger partial charge in [0.1, 0.15) is 11.6 Å². The van der Waals surface area contributed by atoms with Crippen LogP contribution in [0.1, 0.15) is 39.5 Å². The molecule has 0 aliphatic carbocycles. The highest BCUT2D eigenvalue weighted by Crippen LogP contribution is 2.34. The van der Waals surface area contributed by atoms with E-state index in [1.165, 1.54) is 18.2 Å². The molecule has 200 valence electrons. The maximum Gasteiger partial charge on any atom is 0.409 e. The number of hydrogen-bond donors (Lipinski definition) is 2. The second kappa shape index (κ2) is 11.8. The molecule has 0 radical (unpaired) electrons. The molecule has 0 aromatic carbocycles. The lowest BCUT2D eigenvalue weighted by molar-refractivity contribution is -0.121. The van der Waals surface area contributed by atoms with Crippen molar-refractivity contribution in [1.29, 1.82) is 0 Å². The Hall–Kier alpha value is -2.62. The van der Waals surface area contributed by atoms with Crippen LogP contribution in [0.25, 0.3) is 11.3 Å². The molecule has 0 unspecified atom stereocenters. The molecule has 2 atom stereocenters. The van der Waals surface area contributed by atoms with Gasteiger partial charge in [0.2, 0.25) is 5.91 Å². The largest absolute Gasteiger partial charge is 0.453 e. The summed E-state index contributed by atoms with van der Waals surface area (Å²) in [6, 6.07) is 5.28. The summed E-state index contributed by atoms with van der Waals surface area (Å²) >= 11 is 13.0. The lowest BCUT2D eigenvalue weighted by atomic mass is 9.88. The van der Waals surface area contributed by atoms with Gasteiger partial charge < -0.3 is 25.0 Å². The summed E-state index contributed by atoms with van der Waals surface area (Å²) in [5.74, 6) is 0.917. The highest BCUT2D eigenvalue weighted by atomic mass is 35.5. The van der Waals surface area contributed by atoms with E-state index in [1.807, 2.05) is 6.07 Å². The predicted molar refractivity (Wildman–Crippen MR) is 144 cm³/mol. The molecule has 4 rings (SSSR count). The van der Waals surface area contributed by atoms with Crippen LogP contribution in [0, 0.1) is 11.8 Å². The lowest BCUT2D eigenvalue weighted by Gasteiger charge is -2.35. The third kappa shape index (κ3) is 7.03. The van der Waals surface area contributed by atoms with Crippen LogP contribution in [0.15, 0.2) is 24.4 Å². The fourth-order valence-electron chi connectivity index (χ4n) is 4.91.